The fourth-order valence-electron chi connectivity index (χ4n) is 4.09. The first-order valence-electron chi connectivity index (χ1n) is 10.1. The van der Waals surface area contributed by atoms with E-state index in [0.29, 0.717) is 0 Å². The van der Waals surface area contributed by atoms with E-state index in [9.17, 15) is 0 Å². The Morgan fingerprint density at radius 3 is 1.37 bits per heavy atom. The van der Waals surface area contributed by atoms with Crippen LogP contribution >= 0.6 is 23.2 Å². The van der Waals surface area contributed by atoms with Crippen molar-refractivity contribution in [3.8, 4) is 0 Å². The van der Waals surface area contributed by atoms with Gasteiger partial charge in [0.15, 0.2) is 0 Å². The van der Waals surface area contributed by atoms with E-state index in [0.717, 1.165) is 19.0 Å². The average Bonchev–Trinajstić information content (AvgIpc) is 2.80. The van der Waals surface area contributed by atoms with Crippen LogP contribution in [0, 0.1) is 0 Å². The second-order valence-electron chi connectivity index (χ2n) is 7.23. The van der Waals surface area contributed by atoms with Crippen molar-refractivity contribution in [1.82, 2.24) is 0 Å². The molecule has 4 rings (SSSR count). The summed E-state index contributed by atoms with van der Waals surface area (Å²) in [5.74, 6) is 0. The van der Waals surface area contributed by atoms with Gasteiger partial charge in [-0.15, -0.1) is 0 Å². The number of hydrogen-bond donors (Lipinski definition) is 0. The van der Waals surface area contributed by atoms with Crippen LogP contribution in [-0.2, 0) is 6.42 Å². The fourth-order valence-corrected chi connectivity index (χ4v) is 8.92. The quantitative estimate of drug-likeness (QED) is 0.230. The second-order valence-corrected chi connectivity index (χ2v) is 11.7. The van der Waals surface area contributed by atoms with E-state index < -0.39 is 7.26 Å². The molecule has 30 heavy (non-hydrogen) atoms. The van der Waals surface area contributed by atoms with Gasteiger partial charge in [0.05, 0.1) is 6.16 Å². The van der Waals surface area contributed by atoms with Crippen LogP contribution in [0.25, 0.3) is 0 Å². The van der Waals surface area contributed by atoms with Crippen molar-refractivity contribution in [3.05, 3.63) is 125 Å². The highest BCUT2D eigenvalue weighted by Gasteiger charge is 2.44. The summed E-state index contributed by atoms with van der Waals surface area (Å²) in [6.45, 7) is 0. The number of benzene rings is 4. The average molecular weight is 587 g/mol. The monoisotopic (exact) mass is 586 g/mol. The lowest BCUT2D eigenvalue weighted by Crippen LogP contribution is -3.00. The molecule has 0 aliphatic carbocycles. The Bertz CT molecular complexity index is 939. The maximum atomic E-state index is 3.72. The maximum absolute atomic E-state index is 3.72. The molecule has 0 N–H and O–H groups in total. The normalized spacial score (nSPS) is 11.0. The summed E-state index contributed by atoms with van der Waals surface area (Å²) >= 11 is 3.72. The predicted molar refractivity (Wildman–Crippen MR) is 132 cm³/mol. The number of rotatable bonds is 7. The van der Waals surface area contributed by atoms with Crippen molar-refractivity contribution < 1.29 is 24.0 Å². The summed E-state index contributed by atoms with van der Waals surface area (Å²) < 4.78 is 1.21. The highest BCUT2D eigenvalue weighted by Crippen LogP contribution is 2.55. The lowest BCUT2D eigenvalue weighted by molar-refractivity contribution is -0.00000551. The van der Waals surface area contributed by atoms with E-state index in [1.807, 2.05) is 0 Å². The largest absolute Gasteiger partial charge is 1.00 e. The van der Waals surface area contributed by atoms with E-state index in [4.69, 9.17) is 0 Å². The van der Waals surface area contributed by atoms with Gasteiger partial charge in [-0.2, -0.15) is 0 Å². The van der Waals surface area contributed by atoms with Crippen molar-refractivity contribution in [2.24, 2.45) is 0 Å². The highest BCUT2D eigenvalue weighted by molar-refractivity contribution is 9.10. The van der Waals surface area contributed by atoms with Crippen molar-refractivity contribution in [1.29, 1.82) is 0 Å². The van der Waals surface area contributed by atoms with Gasteiger partial charge in [-0.1, -0.05) is 88.7 Å². The molecule has 0 unspecified atom stereocenters. The van der Waals surface area contributed by atoms with Crippen molar-refractivity contribution >= 4 is 39.1 Å². The molecule has 0 saturated carbocycles. The molecule has 0 radical (unpaired) electrons. The van der Waals surface area contributed by atoms with Gasteiger partial charge in [-0.25, -0.2) is 0 Å². The minimum atomic E-state index is -1.72. The van der Waals surface area contributed by atoms with Crippen LogP contribution in [0.3, 0.4) is 0 Å². The first-order valence-corrected chi connectivity index (χ1v) is 12.9. The number of halogens is 2. The molecule has 0 heterocycles. The zero-order chi connectivity index (χ0) is 19.9. The molecule has 0 atom stereocenters. The third kappa shape index (κ3) is 5.04. The van der Waals surface area contributed by atoms with E-state index >= 15 is 0 Å². The van der Waals surface area contributed by atoms with Crippen LogP contribution in [0.15, 0.2) is 120 Å². The summed E-state index contributed by atoms with van der Waals surface area (Å²) in [5, 5.41) is 4.39. The summed E-state index contributed by atoms with van der Waals surface area (Å²) in [4.78, 5) is 0. The molecular weight excluding hydrogens is 562 g/mol. The fraction of sp³-hybridized carbons (Fsp3) is 0.111. The Labute approximate surface area is 206 Å². The van der Waals surface area contributed by atoms with Gasteiger partial charge in [-0.05, 0) is 60.9 Å². The Morgan fingerprint density at radius 1 is 0.533 bits per heavy atom. The SMILES string of the molecule is Brc1ccccc1CCC[P+](c1ccccc1)(c1ccccc1)c1ccccc1.[I-]. The summed E-state index contributed by atoms with van der Waals surface area (Å²) in [5.41, 5.74) is 1.39. The van der Waals surface area contributed by atoms with Crippen molar-refractivity contribution in [2.45, 2.75) is 12.8 Å². The van der Waals surface area contributed by atoms with Gasteiger partial charge in [0, 0.05) is 4.47 Å². The first-order chi connectivity index (χ1) is 14.3. The van der Waals surface area contributed by atoms with E-state index in [2.05, 4.69) is 131 Å². The first kappa shape index (κ1) is 23.2. The molecule has 0 fully saturated rings. The standard InChI is InChI=1S/C27H25BrP.HI/c28-27-21-11-10-13-23(27)14-12-22-29(24-15-4-1-5-16-24,25-17-6-2-7-18-25)26-19-8-3-9-20-26;/h1-11,13,15-21H,12,14,22H2;1H/q+1;/p-1. The number of hydrogen-bond acceptors (Lipinski definition) is 0. The maximum Gasteiger partial charge on any atom is 0.112 e. The molecule has 0 amide bonds. The lowest BCUT2D eigenvalue weighted by Gasteiger charge is -2.27. The van der Waals surface area contributed by atoms with E-state index in [-0.39, 0.29) is 24.0 Å². The molecule has 0 aliphatic rings. The zero-order valence-electron chi connectivity index (χ0n) is 16.8. The van der Waals surface area contributed by atoms with Gasteiger partial charge in [-0.3, -0.25) is 0 Å². The smallest absolute Gasteiger partial charge is 0.112 e. The van der Waals surface area contributed by atoms with Crippen LogP contribution in [0.4, 0.5) is 0 Å². The molecule has 0 saturated heterocycles. The second kappa shape index (κ2) is 11.2. The third-order valence-corrected chi connectivity index (χ3v) is 10.8. The molecule has 152 valence electrons. The molecule has 4 aromatic carbocycles. The lowest BCUT2D eigenvalue weighted by atomic mass is 10.1. The summed E-state index contributed by atoms with van der Waals surface area (Å²) in [6, 6.07) is 42.0. The van der Waals surface area contributed by atoms with E-state index in [1.165, 1.54) is 25.9 Å². The molecule has 0 spiro atoms. The molecule has 3 heteroatoms. The highest BCUT2D eigenvalue weighted by atomic mass is 127. The van der Waals surface area contributed by atoms with Crippen LogP contribution in [0.1, 0.15) is 12.0 Å². The molecule has 0 nitrogen and oxygen atoms in total. The zero-order valence-corrected chi connectivity index (χ0v) is 21.4. The Balaban J connectivity index is 0.00000256. The van der Waals surface area contributed by atoms with E-state index in [1.54, 1.807) is 0 Å². The summed E-state index contributed by atoms with van der Waals surface area (Å²) in [6.07, 6.45) is 3.39. The van der Waals surface area contributed by atoms with Gasteiger partial charge in [0.2, 0.25) is 0 Å². The molecule has 0 aromatic heterocycles. The van der Waals surface area contributed by atoms with Crippen molar-refractivity contribution in [2.75, 3.05) is 6.16 Å². The van der Waals surface area contributed by atoms with Crippen LogP contribution in [-0.4, -0.2) is 6.16 Å². The Morgan fingerprint density at radius 2 is 0.933 bits per heavy atom. The summed E-state index contributed by atoms with van der Waals surface area (Å²) in [7, 11) is -1.72. The van der Waals surface area contributed by atoms with Gasteiger partial charge in [0.1, 0.15) is 23.2 Å². The Hall–Kier alpha value is -1.48. The van der Waals surface area contributed by atoms with Gasteiger partial charge in [0.25, 0.3) is 0 Å². The molecule has 0 bridgehead atoms. The molecule has 4 aromatic rings. The van der Waals surface area contributed by atoms with Gasteiger partial charge < -0.3 is 24.0 Å². The minimum absolute atomic E-state index is 0. The topological polar surface area (TPSA) is 0 Å². The minimum Gasteiger partial charge on any atom is -1.00 e. The Kier molecular flexibility index (Phi) is 8.68. The predicted octanol–water partition coefficient (Wildman–Crippen LogP) is 3.38. The van der Waals surface area contributed by atoms with Crippen LogP contribution < -0.4 is 39.9 Å². The van der Waals surface area contributed by atoms with Crippen LogP contribution in [0.2, 0.25) is 0 Å². The van der Waals surface area contributed by atoms with Crippen molar-refractivity contribution in [3.63, 3.8) is 0 Å². The third-order valence-electron chi connectivity index (χ3n) is 5.49. The molecule has 0 aliphatic heterocycles. The number of aryl methyl sites for hydroxylation is 1. The molecular formula is C27H25BrIP. The van der Waals surface area contributed by atoms with Gasteiger partial charge >= 0.3 is 0 Å². The van der Waals surface area contributed by atoms with Crippen LogP contribution in [0.5, 0.6) is 0 Å².